The Morgan fingerprint density at radius 1 is 1.17 bits per heavy atom. The molecule has 0 bridgehead atoms. The molecular weight excluding hydrogens is 224 g/mol. The lowest BCUT2D eigenvalue weighted by Gasteiger charge is -2.36. The van der Waals surface area contributed by atoms with Gasteiger partial charge in [0.05, 0.1) is 6.10 Å². The molecule has 18 heavy (non-hydrogen) atoms. The molecule has 0 spiro atoms. The summed E-state index contributed by atoms with van der Waals surface area (Å²) in [5.41, 5.74) is 0.429. The van der Waals surface area contributed by atoms with Crippen molar-refractivity contribution in [3.05, 3.63) is 0 Å². The normalized spacial score (nSPS) is 27.8. The highest BCUT2D eigenvalue weighted by Gasteiger charge is 2.23. The molecule has 3 nitrogen and oxygen atoms in total. The van der Waals surface area contributed by atoms with Gasteiger partial charge in [-0.15, -0.1) is 0 Å². The number of rotatable bonds is 4. The largest absolute Gasteiger partial charge is 0.377 e. The molecule has 2 rings (SSSR count). The Morgan fingerprint density at radius 3 is 2.44 bits per heavy atom. The third-order valence-electron chi connectivity index (χ3n) is 3.94. The van der Waals surface area contributed by atoms with E-state index in [0.717, 1.165) is 13.2 Å². The smallest absolute Gasteiger partial charge is 0.0700 e. The zero-order chi connectivity index (χ0) is 13.0. The van der Waals surface area contributed by atoms with E-state index in [2.05, 4.69) is 31.0 Å². The summed E-state index contributed by atoms with van der Waals surface area (Å²) in [4.78, 5) is 2.62. The van der Waals surface area contributed by atoms with Crippen LogP contribution in [0.4, 0.5) is 0 Å². The average Bonchev–Trinajstić information content (AvgIpc) is 2.79. The van der Waals surface area contributed by atoms with E-state index in [-0.39, 0.29) is 0 Å². The first kappa shape index (κ1) is 14.3. The molecule has 1 N–H and O–H groups in total. The highest BCUT2D eigenvalue weighted by molar-refractivity contribution is 4.81. The quantitative estimate of drug-likeness (QED) is 0.833. The van der Waals surface area contributed by atoms with Gasteiger partial charge in [0.25, 0.3) is 0 Å². The van der Waals surface area contributed by atoms with E-state index < -0.39 is 0 Å². The second-order valence-electron chi connectivity index (χ2n) is 7.15. The van der Waals surface area contributed by atoms with Crippen molar-refractivity contribution in [2.24, 2.45) is 5.41 Å². The first-order chi connectivity index (χ1) is 8.53. The van der Waals surface area contributed by atoms with Crippen molar-refractivity contribution < 1.29 is 4.74 Å². The number of nitrogens with one attached hydrogen (secondary N) is 1. The second kappa shape index (κ2) is 6.36. The van der Waals surface area contributed by atoms with Crippen molar-refractivity contribution in [1.29, 1.82) is 0 Å². The molecule has 0 amide bonds. The molecule has 2 heterocycles. The molecule has 0 radical (unpaired) electrons. The van der Waals surface area contributed by atoms with E-state index in [1.807, 2.05) is 0 Å². The maximum Gasteiger partial charge on any atom is 0.0700 e. The Bertz CT molecular complexity index is 235. The van der Waals surface area contributed by atoms with Gasteiger partial charge >= 0.3 is 0 Å². The Morgan fingerprint density at radius 2 is 1.89 bits per heavy atom. The van der Waals surface area contributed by atoms with Crippen LogP contribution in [-0.4, -0.2) is 49.8 Å². The molecule has 0 saturated carbocycles. The number of nitrogens with zero attached hydrogens (tertiary/aromatic N) is 1. The minimum absolute atomic E-state index is 0.429. The molecule has 2 saturated heterocycles. The van der Waals surface area contributed by atoms with Crippen molar-refractivity contribution in [2.75, 3.05) is 32.8 Å². The molecular formula is C15H30N2O. The predicted molar refractivity (Wildman–Crippen MR) is 75.9 cm³/mol. The average molecular weight is 254 g/mol. The fourth-order valence-corrected chi connectivity index (χ4v) is 3.07. The van der Waals surface area contributed by atoms with Crippen LogP contribution in [0.5, 0.6) is 0 Å². The van der Waals surface area contributed by atoms with Gasteiger partial charge in [0, 0.05) is 25.7 Å². The van der Waals surface area contributed by atoms with Gasteiger partial charge in [-0.2, -0.15) is 0 Å². The summed E-state index contributed by atoms with van der Waals surface area (Å²) in [7, 11) is 0. The Balaban J connectivity index is 1.61. The van der Waals surface area contributed by atoms with Crippen LogP contribution in [0.25, 0.3) is 0 Å². The summed E-state index contributed by atoms with van der Waals surface area (Å²) >= 11 is 0. The topological polar surface area (TPSA) is 24.5 Å². The number of hydrogen-bond acceptors (Lipinski definition) is 3. The highest BCUT2D eigenvalue weighted by Crippen LogP contribution is 2.19. The Kier molecular flexibility index (Phi) is 5.05. The second-order valence-corrected chi connectivity index (χ2v) is 7.15. The van der Waals surface area contributed by atoms with Crippen molar-refractivity contribution >= 4 is 0 Å². The van der Waals surface area contributed by atoms with E-state index in [1.54, 1.807) is 0 Å². The summed E-state index contributed by atoms with van der Waals surface area (Å²) in [5.74, 6) is 0. The lowest BCUT2D eigenvalue weighted by atomic mass is 9.94. The van der Waals surface area contributed by atoms with Crippen molar-refractivity contribution in [1.82, 2.24) is 10.2 Å². The summed E-state index contributed by atoms with van der Waals surface area (Å²) in [6.07, 6.45) is 5.57. The van der Waals surface area contributed by atoms with Gasteiger partial charge < -0.3 is 15.0 Å². The van der Waals surface area contributed by atoms with E-state index in [0.29, 0.717) is 17.6 Å². The molecule has 0 aromatic heterocycles. The number of hydrogen-bond donors (Lipinski definition) is 1. The number of ether oxygens (including phenoxy) is 1. The van der Waals surface area contributed by atoms with Crippen LogP contribution in [0.15, 0.2) is 0 Å². The molecule has 1 unspecified atom stereocenters. The lowest BCUT2D eigenvalue weighted by Crippen LogP contribution is -2.46. The molecule has 0 aromatic carbocycles. The van der Waals surface area contributed by atoms with Crippen molar-refractivity contribution in [3.63, 3.8) is 0 Å². The van der Waals surface area contributed by atoms with Gasteiger partial charge in [-0.3, -0.25) is 0 Å². The van der Waals surface area contributed by atoms with Crippen LogP contribution < -0.4 is 5.32 Å². The molecule has 0 aliphatic carbocycles. The van der Waals surface area contributed by atoms with Crippen LogP contribution in [0.1, 0.15) is 46.5 Å². The standard InChI is InChI=1S/C15H30N2O/c1-15(2,3)12-17-8-6-13(7-9-17)16-11-14-5-4-10-18-14/h13-14,16H,4-12H2,1-3H3. The van der Waals surface area contributed by atoms with Crippen molar-refractivity contribution in [2.45, 2.75) is 58.6 Å². The van der Waals surface area contributed by atoms with Crippen LogP contribution in [0.3, 0.4) is 0 Å². The fourth-order valence-electron chi connectivity index (χ4n) is 3.07. The van der Waals surface area contributed by atoms with E-state index >= 15 is 0 Å². The van der Waals surface area contributed by atoms with E-state index in [1.165, 1.54) is 45.3 Å². The number of likely N-dealkylation sites (tertiary alicyclic amines) is 1. The van der Waals surface area contributed by atoms with Gasteiger partial charge in [-0.1, -0.05) is 20.8 Å². The first-order valence-electron chi connectivity index (χ1n) is 7.60. The van der Waals surface area contributed by atoms with Crippen LogP contribution >= 0.6 is 0 Å². The summed E-state index contributed by atoms with van der Waals surface area (Å²) < 4.78 is 5.66. The zero-order valence-electron chi connectivity index (χ0n) is 12.4. The van der Waals surface area contributed by atoms with E-state index in [9.17, 15) is 0 Å². The highest BCUT2D eigenvalue weighted by atomic mass is 16.5. The Labute approximate surface area is 112 Å². The van der Waals surface area contributed by atoms with Gasteiger partial charge in [0.2, 0.25) is 0 Å². The summed E-state index contributed by atoms with van der Waals surface area (Å²) in [5, 5.41) is 3.70. The SMILES string of the molecule is CC(C)(C)CN1CCC(NCC2CCCO2)CC1. The van der Waals surface area contributed by atoms with Gasteiger partial charge in [-0.25, -0.2) is 0 Å². The molecule has 2 aliphatic rings. The maximum absolute atomic E-state index is 5.66. The van der Waals surface area contributed by atoms with Gasteiger partial charge in [0.1, 0.15) is 0 Å². The summed E-state index contributed by atoms with van der Waals surface area (Å²) in [6, 6.07) is 0.713. The van der Waals surface area contributed by atoms with Crippen LogP contribution in [0.2, 0.25) is 0 Å². The molecule has 2 fully saturated rings. The molecule has 106 valence electrons. The molecule has 3 heteroatoms. The maximum atomic E-state index is 5.66. The van der Waals surface area contributed by atoms with Crippen LogP contribution in [0, 0.1) is 5.41 Å². The summed E-state index contributed by atoms with van der Waals surface area (Å²) in [6.45, 7) is 12.7. The monoisotopic (exact) mass is 254 g/mol. The van der Waals surface area contributed by atoms with Crippen molar-refractivity contribution in [3.8, 4) is 0 Å². The fraction of sp³-hybridized carbons (Fsp3) is 1.00. The number of piperidine rings is 1. The molecule has 2 aliphatic heterocycles. The zero-order valence-corrected chi connectivity index (χ0v) is 12.4. The van der Waals surface area contributed by atoms with Crippen LogP contribution in [-0.2, 0) is 4.74 Å². The third-order valence-corrected chi connectivity index (χ3v) is 3.94. The predicted octanol–water partition coefficient (Wildman–Crippen LogP) is 2.27. The van der Waals surface area contributed by atoms with Gasteiger partial charge in [0.15, 0.2) is 0 Å². The molecule has 1 atom stereocenters. The molecule has 0 aromatic rings. The minimum atomic E-state index is 0.429. The lowest BCUT2D eigenvalue weighted by molar-refractivity contribution is 0.0989. The third kappa shape index (κ3) is 4.87. The van der Waals surface area contributed by atoms with E-state index in [4.69, 9.17) is 4.74 Å². The minimum Gasteiger partial charge on any atom is -0.377 e. The first-order valence-corrected chi connectivity index (χ1v) is 7.60. The van der Waals surface area contributed by atoms with Gasteiger partial charge in [-0.05, 0) is 44.2 Å². The Hall–Kier alpha value is -0.120.